The molecule has 1 atom stereocenters. The Morgan fingerprint density at radius 3 is 2.79 bits per heavy atom. The van der Waals surface area contributed by atoms with Gasteiger partial charge >= 0.3 is 0 Å². The van der Waals surface area contributed by atoms with Crippen LogP contribution in [-0.2, 0) is 15.8 Å². The zero-order valence-corrected chi connectivity index (χ0v) is 13.7. The number of sulfonamides is 1. The lowest BCUT2D eigenvalue weighted by molar-refractivity contribution is 0.206. The summed E-state index contributed by atoms with van der Waals surface area (Å²) in [5.74, 6) is 0.404. The SMILES string of the molecule is C=CCC1Oc2cccc(C#N)c2-c2ccc(CS(N)(=O)=O)cc21. The topological polar surface area (TPSA) is 93.2 Å². The van der Waals surface area contributed by atoms with Crippen LogP contribution in [0.1, 0.15) is 29.2 Å². The van der Waals surface area contributed by atoms with Gasteiger partial charge in [0.2, 0.25) is 10.0 Å². The first-order chi connectivity index (χ1) is 11.4. The molecule has 0 spiro atoms. The summed E-state index contributed by atoms with van der Waals surface area (Å²) in [6, 6.07) is 12.9. The largest absolute Gasteiger partial charge is 0.485 e. The van der Waals surface area contributed by atoms with E-state index in [0.717, 1.165) is 16.7 Å². The Kier molecular flexibility index (Phi) is 4.14. The summed E-state index contributed by atoms with van der Waals surface area (Å²) in [5.41, 5.74) is 3.55. The Bertz CT molecular complexity index is 959. The zero-order chi connectivity index (χ0) is 17.3. The van der Waals surface area contributed by atoms with Gasteiger partial charge in [-0.3, -0.25) is 0 Å². The van der Waals surface area contributed by atoms with Gasteiger partial charge in [-0.2, -0.15) is 5.26 Å². The average Bonchev–Trinajstić information content (AvgIpc) is 2.53. The van der Waals surface area contributed by atoms with E-state index in [2.05, 4.69) is 12.6 Å². The van der Waals surface area contributed by atoms with Crippen molar-refractivity contribution in [2.75, 3.05) is 0 Å². The highest BCUT2D eigenvalue weighted by Gasteiger charge is 2.27. The van der Waals surface area contributed by atoms with Crippen LogP contribution in [0.25, 0.3) is 11.1 Å². The van der Waals surface area contributed by atoms with E-state index in [4.69, 9.17) is 9.88 Å². The minimum atomic E-state index is -3.62. The molecule has 0 aliphatic carbocycles. The summed E-state index contributed by atoms with van der Waals surface area (Å²) < 4.78 is 28.7. The fourth-order valence-electron chi connectivity index (χ4n) is 2.97. The summed E-state index contributed by atoms with van der Waals surface area (Å²) in [4.78, 5) is 0. The second-order valence-corrected chi connectivity index (χ2v) is 7.26. The molecule has 1 unspecified atom stereocenters. The number of fused-ring (bicyclic) bond motifs is 3. The highest BCUT2D eigenvalue weighted by atomic mass is 32.2. The van der Waals surface area contributed by atoms with Crippen molar-refractivity contribution >= 4 is 10.0 Å². The van der Waals surface area contributed by atoms with Crippen LogP contribution in [0.2, 0.25) is 0 Å². The minimum Gasteiger partial charge on any atom is -0.485 e. The Labute approximate surface area is 141 Å². The van der Waals surface area contributed by atoms with Crippen molar-refractivity contribution in [1.29, 1.82) is 5.26 Å². The van der Waals surface area contributed by atoms with Gasteiger partial charge in [-0.15, -0.1) is 6.58 Å². The van der Waals surface area contributed by atoms with Crippen molar-refractivity contribution in [1.82, 2.24) is 0 Å². The fraction of sp³-hybridized carbons (Fsp3) is 0.167. The first-order valence-electron chi connectivity index (χ1n) is 7.37. The number of hydrogen-bond acceptors (Lipinski definition) is 4. The van der Waals surface area contributed by atoms with E-state index in [1.54, 1.807) is 30.3 Å². The number of nitrogens with two attached hydrogens (primary N) is 1. The van der Waals surface area contributed by atoms with Crippen LogP contribution in [0.5, 0.6) is 5.75 Å². The number of ether oxygens (including phenoxy) is 1. The van der Waals surface area contributed by atoms with Crippen LogP contribution in [0.15, 0.2) is 49.1 Å². The monoisotopic (exact) mass is 340 g/mol. The third kappa shape index (κ3) is 3.04. The van der Waals surface area contributed by atoms with Gasteiger partial charge in [0, 0.05) is 17.5 Å². The van der Waals surface area contributed by atoms with Crippen molar-refractivity contribution in [2.45, 2.75) is 18.3 Å². The lowest BCUT2D eigenvalue weighted by Gasteiger charge is -2.29. The van der Waals surface area contributed by atoms with Gasteiger partial charge < -0.3 is 4.74 Å². The summed E-state index contributed by atoms with van der Waals surface area (Å²) in [5, 5.41) is 14.5. The molecule has 1 heterocycles. The van der Waals surface area contributed by atoms with Gasteiger partial charge in [-0.25, -0.2) is 13.6 Å². The molecule has 2 aromatic carbocycles. The number of rotatable bonds is 4. The summed E-state index contributed by atoms with van der Waals surface area (Å²) in [6.45, 7) is 3.75. The Hall–Kier alpha value is -2.62. The zero-order valence-electron chi connectivity index (χ0n) is 12.9. The van der Waals surface area contributed by atoms with Crippen molar-refractivity contribution in [3.05, 3.63) is 65.7 Å². The molecule has 2 N–H and O–H groups in total. The molecule has 0 bridgehead atoms. The number of nitriles is 1. The third-order valence-electron chi connectivity index (χ3n) is 3.90. The van der Waals surface area contributed by atoms with Crippen molar-refractivity contribution < 1.29 is 13.2 Å². The second kappa shape index (κ2) is 6.11. The maximum Gasteiger partial charge on any atom is 0.213 e. The lowest BCUT2D eigenvalue weighted by Crippen LogP contribution is -2.17. The van der Waals surface area contributed by atoms with E-state index in [-0.39, 0.29) is 11.9 Å². The predicted molar refractivity (Wildman–Crippen MR) is 91.6 cm³/mol. The van der Waals surface area contributed by atoms with Crippen molar-refractivity contribution in [3.63, 3.8) is 0 Å². The molecule has 122 valence electrons. The first kappa shape index (κ1) is 16.2. The Balaban J connectivity index is 2.20. The van der Waals surface area contributed by atoms with E-state index in [1.807, 2.05) is 12.1 Å². The van der Waals surface area contributed by atoms with Crippen LogP contribution >= 0.6 is 0 Å². The molecule has 24 heavy (non-hydrogen) atoms. The summed E-state index contributed by atoms with van der Waals surface area (Å²) in [6.07, 6.45) is 2.04. The standard InChI is InChI=1S/C18H16N2O3S/c1-2-4-16-15-9-12(11-24(20,21)22)7-8-14(15)18-13(10-19)5-3-6-17(18)23-16/h2-3,5-9,16H,1,4,11H2,(H2,20,21,22). The van der Waals surface area contributed by atoms with Crippen molar-refractivity contribution in [3.8, 4) is 22.9 Å². The van der Waals surface area contributed by atoms with Crippen LogP contribution < -0.4 is 9.88 Å². The van der Waals surface area contributed by atoms with Crippen molar-refractivity contribution in [2.24, 2.45) is 5.14 Å². The van der Waals surface area contributed by atoms with E-state index >= 15 is 0 Å². The van der Waals surface area contributed by atoms with Gasteiger partial charge in [-0.05, 0) is 23.3 Å². The van der Waals surface area contributed by atoms with Crippen LogP contribution in [0.3, 0.4) is 0 Å². The van der Waals surface area contributed by atoms with E-state index in [1.165, 1.54) is 0 Å². The molecule has 0 radical (unpaired) electrons. The molecule has 1 aliphatic rings. The van der Waals surface area contributed by atoms with Crippen LogP contribution in [0.4, 0.5) is 0 Å². The Morgan fingerprint density at radius 1 is 1.33 bits per heavy atom. The normalized spacial score (nSPS) is 15.6. The molecule has 3 rings (SSSR count). The molecule has 0 fully saturated rings. The highest BCUT2D eigenvalue weighted by molar-refractivity contribution is 7.88. The number of nitrogens with zero attached hydrogens (tertiary/aromatic N) is 1. The predicted octanol–water partition coefficient (Wildman–Crippen LogP) is 3.02. The van der Waals surface area contributed by atoms with Crippen LogP contribution in [0, 0.1) is 11.3 Å². The Morgan fingerprint density at radius 2 is 2.12 bits per heavy atom. The molecule has 0 aromatic heterocycles. The van der Waals surface area contributed by atoms with Gasteiger partial charge in [0.1, 0.15) is 11.9 Å². The average molecular weight is 340 g/mol. The van der Waals surface area contributed by atoms with E-state index in [0.29, 0.717) is 23.3 Å². The number of hydrogen-bond donors (Lipinski definition) is 1. The molecule has 5 nitrogen and oxygen atoms in total. The minimum absolute atomic E-state index is 0.242. The molecule has 1 aliphatic heterocycles. The summed E-state index contributed by atoms with van der Waals surface area (Å²) >= 11 is 0. The maximum atomic E-state index is 11.4. The third-order valence-corrected chi connectivity index (χ3v) is 4.63. The van der Waals surface area contributed by atoms with Crippen LogP contribution in [-0.4, -0.2) is 8.42 Å². The van der Waals surface area contributed by atoms with Gasteiger partial charge in [-0.1, -0.05) is 30.3 Å². The highest BCUT2D eigenvalue weighted by Crippen LogP contribution is 2.45. The van der Waals surface area contributed by atoms with E-state index in [9.17, 15) is 13.7 Å². The second-order valence-electron chi connectivity index (χ2n) is 5.65. The smallest absolute Gasteiger partial charge is 0.213 e. The first-order valence-corrected chi connectivity index (χ1v) is 9.09. The molecular formula is C18H16N2O3S. The lowest BCUT2D eigenvalue weighted by atomic mass is 9.88. The molecule has 0 saturated carbocycles. The van der Waals surface area contributed by atoms with Gasteiger partial charge in [0.05, 0.1) is 17.4 Å². The summed E-state index contributed by atoms with van der Waals surface area (Å²) in [7, 11) is -3.62. The fourth-order valence-corrected chi connectivity index (χ4v) is 3.62. The quantitative estimate of drug-likeness (QED) is 0.866. The van der Waals surface area contributed by atoms with Gasteiger partial charge in [0.25, 0.3) is 0 Å². The molecule has 0 saturated heterocycles. The number of primary sulfonamides is 1. The van der Waals surface area contributed by atoms with E-state index < -0.39 is 10.0 Å². The molecule has 6 heteroatoms. The molecular weight excluding hydrogens is 324 g/mol. The van der Waals surface area contributed by atoms with Gasteiger partial charge in [0.15, 0.2) is 0 Å². The number of benzene rings is 2. The molecule has 0 amide bonds. The maximum absolute atomic E-state index is 11.4. The molecule has 2 aromatic rings.